The molecule has 1 saturated heterocycles. The Labute approximate surface area is 124 Å². The molecule has 2 heterocycles. The standard InChI is InChI=1S/C16H23NO2S/c1-19-16(18)15-11-12-5-2-3-7-14(12)17(15)9-8-13-6-4-10-20-13/h4,6,10,12,14-15H,2-3,5,7-9,11H2,1H3. The van der Waals surface area contributed by atoms with E-state index in [1.54, 1.807) is 0 Å². The Morgan fingerprint density at radius 2 is 2.30 bits per heavy atom. The summed E-state index contributed by atoms with van der Waals surface area (Å²) in [6, 6.07) is 4.89. The van der Waals surface area contributed by atoms with Gasteiger partial charge in [-0.05, 0) is 43.0 Å². The number of methoxy groups -OCH3 is 1. The van der Waals surface area contributed by atoms with Crippen molar-refractivity contribution in [1.82, 2.24) is 4.90 Å². The van der Waals surface area contributed by atoms with E-state index in [-0.39, 0.29) is 12.0 Å². The third-order valence-electron chi connectivity index (χ3n) is 4.89. The van der Waals surface area contributed by atoms with Gasteiger partial charge in [0.1, 0.15) is 6.04 Å². The molecule has 3 rings (SSSR count). The van der Waals surface area contributed by atoms with Crippen LogP contribution in [0.4, 0.5) is 0 Å². The predicted molar refractivity (Wildman–Crippen MR) is 80.9 cm³/mol. The van der Waals surface area contributed by atoms with Crippen molar-refractivity contribution in [2.45, 2.75) is 50.6 Å². The normalized spacial score (nSPS) is 30.1. The maximum absolute atomic E-state index is 12.1. The molecular weight excluding hydrogens is 270 g/mol. The van der Waals surface area contributed by atoms with Crippen molar-refractivity contribution in [2.24, 2.45) is 5.92 Å². The fourth-order valence-corrected chi connectivity index (χ4v) is 4.63. The zero-order valence-corrected chi connectivity index (χ0v) is 12.9. The number of likely N-dealkylation sites (tertiary alicyclic amines) is 1. The molecule has 0 aromatic carbocycles. The van der Waals surface area contributed by atoms with E-state index in [0.717, 1.165) is 19.4 Å². The van der Waals surface area contributed by atoms with Crippen LogP contribution in [-0.4, -0.2) is 36.6 Å². The molecule has 0 spiro atoms. The van der Waals surface area contributed by atoms with Crippen molar-refractivity contribution >= 4 is 17.3 Å². The molecule has 1 saturated carbocycles. The van der Waals surface area contributed by atoms with E-state index in [0.29, 0.717) is 12.0 Å². The smallest absolute Gasteiger partial charge is 0.323 e. The van der Waals surface area contributed by atoms with Crippen molar-refractivity contribution in [3.05, 3.63) is 22.4 Å². The van der Waals surface area contributed by atoms with Crippen LogP contribution in [0.5, 0.6) is 0 Å². The number of hydrogen-bond acceptors (Lipinski definition) is 4. The molecule has 1 aromatic heterocycles. The first-order valence-corrected chi connectivity index (χ1v) is 8.53. The van der Waals surface area contributed by atoms with Gasteiger partial charge in [0.2, 0.25) is 0 Å². The second-order valence-electron chi connectivity index (χ2n) is 5.95. The van der Waals surface area contributed by atoms with Crippen LogP contribution in [0, 0.1) is 5.92 Å². The molecule has 1 aromatic rings. The fraction of sp³-hybridized carbons (Fsp3) is 0.688. The van der Waals surface area contributed by atoms with Gasteiger partial charge in [-0.2, -0.15) is 0 Å². The number of nitrogens with zero attached hydrogens (tertiary/aromatic N) is 1. The monoisotopic (exact) mass is 293 g/mol. The Hall–Kier alpha value is -0.870. The largest absolute Gasteiger partial charge is 0.468 e. The minimum atomic E-state index is -0.0365. The molecule has 3 atom stereocenters. The average molecular weight is 293 g/mol. The number of esters is 1. The third-order valence-corrected chi connectivity index (χ3v) is 5.83. The van der Waals surface area contributed by atoms with Gasteiger partial charge in [0.25, 0.3) is 0 Å². The second-order valence-corrected chi connectivity index (χ2v) is 6.99. The van der Waals surface area contributed by atoms with E-state index in [4.69, 9.17) is 4.74 Å². The molecule has 0 N–H and O–H groups in total. The number of thiophene rings is 1. The molecule has 0 radical (unpaired) electrons. The van der Waals surface area contributed by atoms with Gasteiger partial charge in [-0.3, -0.25) is 9.69 Å². The Balaban J connectivity index is 1.70. The van der Waals surface area contributed by atoms with E-state index < -0.39 is 0 Å². The van der Waals surface area contributed by atoms with Gasteiger partial charge in [-0.25, -0.2) is 0 Å². The lowest BCUT2D eigenvalue weighted by Gasteiger charge is -2.33. The molecule has 1 aliphatic heterocycles. The molecule has 3 unspecified atom stereocenters. The molecule has 2 aliphatic rings. The fourth-order valence-electron chi connectivity index (χ4n) is 3.94. The number of hydrogen-bond donors (Lipinski definition) is 0. The summed E-state index contributed by atoms with van der Waals surface area (Å²) in [5.74, 6) is 0.668. The molecule has 0 amide bonds. The first kappa shape index (κ1) is 14.1. The Bertz CT molecular complexity index is 445. The van der Waals surface area contributed by atoms with Crippen LogP contribution in [0.25, 0.3) is 0 Å². The first-order valence-electron chi connectivity index (χ1n) is 7.65. The van der Waals surface area contributed by atoms with E-state index in [2.05, 4.69) is 22.4 Å². The van der Waals surface area contributed by atoms with Crippen LogP contribution in [0.2, 0.25) is 0 Å². The first-order chi connectivity index (χ1) is 9.79. The highest BCUT2D eigenvalue weighted by atomic mass is 32.1. The number of carbonyl (C=O) groups is 1. The third kappa shape index (κ3) is 2.77. The average Bonchev–Trinajstić information content (AvgIpc) is 3.11. The number of ether oxygens (including phenoxy) is 1. The van der Waals surface area contributed by atoms with Crippen LogP contribution in [0.3, 0.4) is 0 Å². The van der Waals surface area contributed by atoms with Gasteiger partial charge in [0.05, 0.1) is 7.11 Å². The summed E-state index contributed by atoms with van der Waals surface area (Å²) in [4.78, 5) is 15.9. The van der Waals surface area contributed by atoms with Gasteiger partial charge in [-0.15, -0.1) is 11.3 Å². The van der Waals surface area contributed by atoms with Crippen LogP contribution >= 0.6 is 11.3 Å². The van der Waals surface area contributed by atoms with Crippen LogP contribution in [0.15, 0.2) is 17.5 Å². The van der Waals surface area contributed by atoms with Crippen LogP contribution in [-0.2, 0) is 16.0 Å². The zero-order chi connectivity index (χ0) is 13.9. The molecular formula is C16H23NO2S. The summed E-state index contributed by atoms with van der Waals surface area (Å²) in [7, 11) is 1.52. The van der Waals surface area contributed by atoms with Gasteiger partial charge >= 0.3 is 5.97 Å². The van der Waals surface area contributed by atoms with E-state index >= 15 is 0 Å². The van der Waals surface area contributed by atoms with E-state index in [1.807, 2.05) is 11.3 Å². The quantitative estimate of drug-likeness (QED) is 0.799. The molecule has 4 heteroatoms. The van der Waals surface area contributed by atoms with Crippen molar-refractivity contribution in [3.8, 4) is 0 Å². The van der Waals surface area contributed by atoms with Gasteiger partial charge < -0.3 is 4.74 Å². The van der Waals surface area contributed by atoms with E-state index in [9.17, 15) is 4.79 Å². The maximum Gasteiger partial charge on any atom is 0.323 e. The number of carbonyl (C=O) groups excluding carboxylic acids is 1. The SMILES string of the molecule is COC(=O)C1CC2CCCCC2N1CCc1cccs1. The molecule has 1 aliphatic carbocycles. The molecule has 2 fully saturated rings. The van der Waals surface area contributed by atoms with Crippen molar-refractivity contribution in [2.75, 3.05) is 13.7 Å². The second kappa shape index (κ2) is 6.27. The lowest BCUT2D eigenvalue weighted by molar-refractivity contribution is -0.146. The molecule has 0 bridgehead atoms. The lowest BCUT2D eigenvalue weighted by atomic mass is 9.85. The highest BCUT2D eigenvalue weighted by Gasteiger charge is 2.45. The summed E-state index contributed by atoms with van der Waals surface area (Å²) >= 11 is 1.81. The molecule has 20 heavy (non-hydrogen) atoms. The minimum Gasteiger partial charge on any atom is -0.468 e. The summed E-state index contributed by atoms with van der Waals surface area (Å²) in [5, 5.41) is 2.13. The van der Waals surface area contributed by atoms with Crippen molar-refractivity contribution in [1.29, 1.82) is 0 Å². The molecule has 3 nitrogen and oxygen atoms in total. The maximum atomic E-state index is 12.1. The summed E-state index contributed by atoms with van der Waals surface area (Å²) in [5.41, 5.74) is 0. The molecule has 110 valence electrons. The topological polar surface area (TPSA) is 29.5 Å². The van der Waals surface area contributed by atoms with Crippen LogP contribution in [0.1, 0.15) is 37.0 Å². The van der Waals surface area contributed by atoms with Crippen molar-refractivity contribution in [3.63, 3.8) is 0 Å². The minimum absolute atomic E-state index is 0.00642. The van der Waals surface area contributed by atoms with Gasteiger partial charge in [-0.1, -0.05) is 18.9 Å². The number of fused-ring (bicyclic) bond motifs is 1. The lowest BCUT2D eigenvalue weighted by Crippen LogP contribution is -2.43. The predicted octanol–water partition coefficient (Wildman–Crippen LogP) is 3.10. The van der Waals surface area contributed by atoms with Gasteiger partial charge in [0.15, 0.2) is 0 Å². The Morgan fingerprint density at radius 1 is 1.45 bits per heavy atom. The van der Waals surface area contributed by atoms with Crippen molar-refractivity contribution < 1.29 is 9.53 Å². The Morgan fingerprint density at radius 3 is 3.05 bits per heavy atom. The van der Waals surface area contributed by atoms with E-state index in [1.165, 1.54) is 37.7 Å². The van der Waals surface area contributed by atoms with Crippen LogP contribution < -0.4 is 0 Å². The zero-order valence-electron chi connectivity index (χ0n) is 12.1. The Kier molecular flexibility index (Phi) is 4.41. The number of rotatable bonds is 4. The highest BCUT2D eigenvalue weighted by Crippen LogP contribution is 2.40. The van der Waals surface area contributed by atoms with Gasteiger partial charge in [0, 0.05) is 17.5 Å². The summed E-state index contributed by atoms with van der Waals surface area (Å²) in [6.45, 7) is 0.988. The summed E-state index contributed by atoms with van der Waals surface area (Å²) < 4.78 is 5.03. The highest BCUT2D eigenvalue weighted by molar-refractivity contribution is 7.09. The summed E-state index contributed by atoms with van der Waals surface area (Å²) in [6.07, 6.45) is 7.23.